The summed E-state index contributed by atoms with van der Waals surface area (Å²) in [5.41, 5.74) is 3.07. The first-order valence-corrected chi connectivity index (χ1v) is 9.43. The van der Waals surface area contributed by atoms with E-state index in [2.05, 4.69) is 15.3 Å². The molecule has 2 N–H and O–H groups in total. The number of carbonyl (C=O) groups is 3. The number of nitrogens with zero attached hydrogens (tertiary/aromatic N) is 2. The number of benzene rings is 2. The molecule has 5 rings (SSSR count). The van der Waals surface area contributed by atoms with Crippen LogP contribution in [-0.2, 0) is 22.7 Å². The molecule has 0 saturated carbocycles. The Balaban J connectivity index is 1.36. The van der Waals surface area contributed by atoms with Crippen molar-refractivity contribution in [1.29, 1.82) is 0 Å². The molecule has 146 valence electrons. The number of imide groups is 1. The van der Waals surface area contributed by atoms with Crippen LogP contribution in [0.2, 0.25) is 0 Å². The molecular formula is C21H18N4O4. The Bertz CT molecular complexity index is 1120. The number of hydrogen-bond acceptors (Lipinski definition) is 5. The normalized spacial score (nSPS) is 18.8. The number of ether oxygens (including phenoxy) is 1. The van der Waals surface area contributed by atoms with Crippen LogP contribution >= 0.6 is 0 Å². The van der Waals surface area contributed by atoms with Crippen molar-refractivity contribution in [2.75, 3.05) is 0 Å². The zero-order valence-electron chi connectivity index (χ0n) is 15.5. The predicted molar refractivity (Wildman–Crippen MR) is 103 cm³/mol. The average Bonchev–Trinajstić information content (AvgIpc) is 3.28. The Morgan fingerprint density at radius 2 is 1.97 bits per heavy atom. The molecule has 8 nitrogen and oxygen atoms in total. The van der Waals surface area contributed by atoms with Crippen LogP contribution in [0.25, 0.3) is 11.0 Å². The number of piperidine rings is 1. The standard InChI is InChI=1S/C21H18N4O4/c26-19-9-8-16(20(27)24-19)25-10-13-12(21(25)28)4-3-7-17(13)29-11-18-22-14-5-1-2-6-15(14)23-18/h1-7,16H,8-11H2,(H,22,23)(H,24,26,27). The Labute approximate surface area is 165 Å². The fourth-order valence-corrected chi connectivity index (χ4v) is 3.91. The number of nitrogens with one attached hydrogen (secondary N) is 2. The first kappa shape index (κ1) is 17.4. The van der Waals surface area contributed by atoms with Crippen molar-refractivity contribution in [1.82, 2.24) is 20.2 Å². The van der Waals surface area contributed by atoms with E-state index in [9.17, 15) is 14.4 Å². The lowest BCUT2D eigenvalue weighted by molar-refractivity contribution is -0.136. The minimum atomic E-state index is -0.643. The summed E-state index contributed by atoms with van der Waals surface area (Å²) in [4.78, 5) is 45.7. The Kier molecular flexibility index (Phi) is 4.04. The molecule has 3 amide bonds. The minimum Gasteiger partial charge on any atom is -0.485 e. The number of fused-ring (bicyclic) bond motifs is 2. The molecule has 8 heteroatoms. The van der Waals surface area contributed by atoms with E-state index in [-0.39, 0.29) is 31.4 Å². The van der Waals surface area contributed by atoms with Gasteiger partial charge >= 0.3 is 0 Å². The lowest BCUT2D eigenvalue weighted by Gasteiger charge is -2.29. The van der Waals surface area contributed by atoms with Crippen molar-refractivity contribution in [2.24, 2.45) is 0 Å². The third kappa shape index (κ3) is 3.02. The first-order valence-electron chi connectivity index (χ1n) is 9.43. The Morgan fingerprint density at radius 1 is 1.10 bits per heavy atom. The number of aromatic nitrogens is 2. The summed E-state index contributed by atoms with van der Waals surface area (Å²) in [6, 6.07) is 12.4. The van der Waals surface area contributed by atoms with E-state index in [1.54, 1.807) is 12.1 Å². The third-order valence-electron chi connectivity index (χ3n) is 5.34. The topological polar surface area (TPSA) is 104 Å². The summed E-state index contributed by atoms with van der Waals surface area (Å²) in [5, 5.41) is 2.31. The van der Waals surface area contributed by atoms with Crippen molar-refractivity contribution in [3.8, 4) is 5.75 Å². The van der Waals surface area contributed by atoms with Crippen LogP contribution in [0.1, 0.15) is 34.6 Å². The van der Waals surface area contributed by atoms with Crippen molar-refractivity contribution in [3.05, 3.63) is 59.4 Å². The van der Waals surface area contributed by atoms with Gasteiger partial charge < -0.3 is 14.6 Å². The number of H-pyrrole nitrogens is 1. The first-order chi connectivity index (χ1) is 14.1. The molecule has 2 aliphatic rings. The largest absolute Gasteiger partial charge is 0.485 e. The van der Waals surface area contributed by atoms with E-state index >= 15 is 0 Å². The maximum atomic E-state index is 12.9. The molecule has 2 aromatic carbocycles. The summed E-state index contributed by atoms with van der Waals surface area (Å²) >= 11 is 0. The number of amides is 3. The van der Waals surface area contributed by atoms with E-state index in [1.807, 2.05) is 30.3 Å². The highest BCUT2D eigenvalue weighted by Crippen LogP contribution is 2.33. The quantitative estimate of drug-likeness (QED) is 0.662. The van der Waals surface area contributed by atoms with Gasteiger partial charge in [0.25, 0.3) is 5.91 Å². The van der Waals surface area contributed by atoms with Crippen LogP contribution in [-0.4, -0.2) is 38.6 Å². The van der Waals surface area contributed by atoms with Gasteiger partial charge in [0, 0.05) is 17.5 Å². The number of para-hydroxylation sites is 2. The molecule has 1 saturated heterocycles. The lowest BCUT2D eigenvalue weighted by Crippen LogP contribution is -2.52. The SMILES string of the molecule is O=C1CCC(N2Cc3c(OCc4nc5ccccc5[nH]4)cccc3C2=O)C(=O)N1. The van der Waals surface area contributed by atoms with Crippen LogP contribution in [0.4, 0.5) is 0 Å². The molecule has 0 radical (unpaired) electrons. The molecule has 1 aromatic heterocycles. The van der Waals surface area contributed by atoms with Crippen LogP contribution < -0.4 is 10.1 Å². The van der Waals surface area contributed by atoms with Gasteiger partial charge in [-0.05, 0) is 30.7 Å². The highest BCUT2D eigenvalue weighted by molar-refractivity contribution is 6.05. The number of aromatic amines is 1. The monoisotopic (exact) mass is 390 g/mol. The Hall–Kier alpha value is -3.68. The molecule has 0 aliphatic carbocycles. The van der Waals surface area contributed by atoms with Crippen molar-refractivity contribution >= 4 is 28.8 Å². The molecule has 2 aliphatic heterocycles. The van der Waals surface area contributed by atoms with Gasteiger partial charge in [-0.25, -0.2) is 4.98 Å². The van der Waals surface area contributed by atoms with Crippen molar-refractivity contribution in [2.45, 2.75) is 32.0 Å². The summed E-state index contributed by atoms with van der Waals surface area (Å²) in [7, 11) is 0. The van der Waals surface area contributed by atoms with Gasteiger partial charge in [-0.3, -0.25) is 19.7 Å². The van der Waals surface area contributed by atoms with E-state index in [1.165, 1.54) is 4.90 Å². The second-order valence-corrected chi connectivity index (χ2v) is 7.17. The second kappa shape index (κ2) is 6.73. The number of rotatable bonds is 4. The Morgan fingerprint density at radius 3 is 2.79 bits per heavy atom. The molecular weight excluding hydrogens is 372 g/mol. The molecule has 1 fully saturated rings. The molecule has 0 spiro atoms. The van der Waals surface area contributed by atoms with Gasteiger partial charge in [0.15, 0.2) is 0 Å². The predicted octanol–water partition coefficient (Wildman–Crippen LogP) is 1.90. The average molecular weight is 390 g/mol. The molecule has 0 bridgehead atoms. The summed E-state index contributed by atoms with van der Waals surface area (Å²) in [6.45, 7) is 0.508. The van der Waals surface area contributed by atoms with Crippen LogP contribution in [0.15, 0.2) is 42.5 Å². The van der Waals surface area contributed by atoms with Gasteiger partial charge in [0.05, 0.1) is 17.6 Å². The summed E-state index contributed by atoms with van der Waals surface area (Å²) < 4.78 is 5.97. The maximum absolute atomic E-state index is 12.9. The lowest BCUT2D eigenvalue weighted by atomic mass is 10.0. The summed E-state index contributed by atoms with van der Waals surface area (Å²) in [6.07, 6.45) is 0.561. The van der Waals surface area contributed by atoms with Crippen LogP contribution in [0, 0.1) is 0 Å². The van der Waals surface area contributed by atoms with E-state index in [0.717, 1.165) is 16.6 Å². The molecule has 29 heavy (non-hydrogen) atoms. The van der Waals surface area contributed by atoms with Crippen molar-refractivity contribution < 1.29 is 19.1 Å². The van der Waals surface area contributed by atoms with Gasteiger partial charge in [-0.2, -0.15) is 0 Å². The molecule has 3 heterocycles. The number of carbonyl (C=O) groups excluding carboxylic acids is 3. The second-order valence-electron chi connectivity index (χ2n) is 7.17. The van der Waals surface area contributed by atoms with Gasteiger partial charge in [0.1, 0.15) is 24.2 Å². The third-order valence-corrected chi connectivity index (χ3v) is 5.34. The molecule has 1 unspecified atom stereocenters. The van der Waals surface area contributed by atoms with E-state index in [4.69, 9.17) is 4.74 Å². The zero-order chi connectivity index (χ0) is 20.0. The summed E-state index contributed by atoms with van der Waals surface area (Å²) in [5.74, 6) is 0.336. The smallest absolute Gasteiger partial charge is 0.255 e. The van der Waals surface area contributed by atoms with Gasteiger partial charge in [-0.1, -0.05) is 18.2 Å². The fourth-order valence-electron chi connectivity index (χ4n) is 3.91. The highest BCUT2D eigenvalue weighted by atomic mass is 16.5. The fraction of sp³-hybridized carbons (Fsp3) is 0.238. The van der Waals surface area contributed by atoms with E-state index < -0.39 is 11.9 Å². The molecule has 3 aromatic rings. The zero-order valence-corrected chi connectivity index (χ0v) is 15.5. The number of hydrogen-bond donors (Lipinski definition) is 2. The van der Waals surface area contributed by atoms with Crippen LogP contribution in [0.5, 0.6) is 5.75 Å². The maximum Gasteiger partial charge on any atom is 0.255 e. The van der Waals surface area contributed by atoms with Crippen LogP contribution in [0.3, 0.4) is 0 Å². The van der Waals surface area contributed by atoms with E-state index in [0.29, 0.717) is 23.6 Å². The molecule has 1 atom stereocenters. The number of imidazole rings is 1. The van der Waals surface area contributed by atoms with Crippen molar-refractivity contribution in [3.63, 3.8) is 0 Å². The highest BCUT2D eigenvalue weighted by Gasteiger charge is 2.40. The minimum absolute atomic E-state index is 0.219. The van der Waals surface area contributed by atoms with Gasteiger partial charge in [-0.15, -0.1) is 0 Å². The van der Waals surface area contributed by atoms with Gasteiger partial charge in [0.2, 0.25) is 11.8 Å².